The highest BCUT2D eigenvalue weighted by Gasteiger charge is 2.14. The molecule has 4 rings (SSSR count). The van der Waals surface area contributed by atoms with Crippen LogP contribution < -0.4 is 9.47 Å². The Balaban J connectivity index is 1.56. The number of carboxylic acid groups (broad SMARTS) is 1. The van der Waals surface area contributed by atoms with Gasteiger partial charge in [0.1, 0.15) is 18.1 Å². The van der Waals surface area contributed by atoms with Crippen molar-refractivity contribution >= 4 is 11.5 Å². The van der Waals surface area contributed by atoms with Gasteiger partial charge >= 0.3 is 5.97 Å². The molecule has 5 heteroatoms. The van der Waals surface area contributed by atoms with Gasteiger partial charge in [-0.2, -0.15) is 0 Å². The standard InChI is InChI=1S/C37H36O5/c1-26-23-33(19-20-35(26)42-25-36(39)40)41-22-21-34(31-15-17-32(18-16-31)37(2,3)4)30-13-11-28(12-14-30)6-5-27-7-9-29(24-38)10-8-27/h7-21,23,38H,22,24-25H2,1-4H3,(H,39,40)/b34-21+. The van der Waals surface area contributed by atoms with Crippen LogP contribution in [0.4, 0.5) is 0 Å². The minimum absolute atomic E-state index is 0.0183. The largest absolute Gasteiger partial charge is 0.489 e. The van der Waals surface area contributed by atoms with Crippen molar-refractivity contribution < 1.29 is 24.5 Å². The Kier molecular flexibility index (Phi) is 9.85. The summed E-state index contributed by atoms with van der Waals surface area (Å²) < 4.78 is 11.4. The molecule has 0 aliphatic carbocycles. The first-order chi connectivity index (χ1) is 20.1. The van der Waals surface area contributed by atoms with Crippen molar-refractivity contribution in [3.05, 3.63) is 136 Å². The molecule has 2 N–H and O–H groups in total. The number of carbonyl (C=O) groups is 1. The Labute approximate surface area is 248 Å². The van der Waals surface area contributed by atoms with Gasteiger partial charge in [-0.05, 0) is 94.3 Å². The summed E-state index contributed by atoms with van der Waals surface area (Å²) in [6.07, 6.45) is 2.07. The zero-order valence-electron chi connectivity index (χ0n) is 24.5. The maximum atomic E-state index is 10.8. The number of aliphatic hydroxyl groups is 1. The van der Waals surface area contributed by atoms with Crippen molar-refractivity contribution in [3.8, 4) is 23.3 Å². The number of ether oxygens (including phenoxy) is 2. The third kappa shape index (κ3) is 8.36. The van der Waals surface area contributed by atoms with E-state index in [1.165, 1.54) is 5.56 Å². The molecule has 0 amide bonds. The summed E-state index contributed by atoms with van der Waals surface area (Å²) in [5.74, 6) is 6.58. The lowest BCUT2D eigenvalue weighted by Gasteiger charge is -2.19. The van der Waals surface area contributed by atoms with E-state index >= 15 is 0 Å². The van der Waals surface area contributed by atoms with Crippen LogP contribution in [0.1, 0.15) is 59.7 Å². The summed E-state index contributed by atoms with van der Waals surface area (Å²) >= 11 is 0. The van der Waals surface area contributed by atoms with Crippen molar-refractivity contribution in [1.29, 1.82) is 0 Å². The van der Waals surface area contributed by atoms with Gasteiger partial charge in [0.2, 0.25) is 0 Å². The average Bonchev–Trinajstić information content (AvgIpc) is 2.98. The van der Waals surface area contributed by atoms with Gasteiger partial charge in [0.15, 0.2) is 6.61 Å². The molecule has 0 radical (unpaired) electrons. The van der Waals surface area contributed by atoms with Crippen LogP contribution in [-0.4, -0.2) is 29.4 Å². The lowest BCUT2D eigenvalue weighted by molar-refractivity contribution is -0.139. The van der Waals surface area contributed by atoms with Crippen LogP contribution >= 0.6 is 0 Å². The van der Waals surface area contributed by atoms with E-state index < -0.39 is 5.97 Å². The van der Waals surface area contributed by atoms with Gasteiger partial charge in [0.05, 0.1) is 6.61 Å². The van der Waals surface area contributed by atoms with Crippen LogP contribution in [0, 0.1) is 18.8 Å². The van der Waals surface area contributed by atoms with Crippen molar-refractivity contribution in [2.45, 2.75) is 39.7 Å². The fraction of sp³-hybridized carbons (Fsp3) is 0.216. The van der Waals surface area contributed by atoms with Crippen LogP contribution in [0.3, 0.4) is 0 Å². The normalized spacial score (nSPS) is 11.4. The van der Waals surface area contributed by atoms with Crippen LogP contribution in [-0.2, 0) is 16.8 Å². The quantitative estimate of drug-likeness (QED) is 0.213. The van der Waals surface area contributed by atoms with E-state index in [4.69, 9.17) is 14.6 Å². The Morgan fingerprint density at radius 1 is 0.810 bits per heavy atom. The van der Waals surface area contributed by atoms with Crippen LogP contribution in [0.5, 0.6) is 11.5 Å². The molecule has 5 nitrogen and oxygen atoms in total. The second-order valence-electron chi connectivity index (χ2n) is 11.0. The number of hydrogen-bond acceptors (Lipinski definition) is 4. The summed E-state index contributed by atoms with van der Waals surface area (Å²) in [7, 11) is 0. The first-order valence-electron chi connectivity index (χ1n) is 13.8. The van der Waals surface area contributed by atoms with E-state index in [0.717, 1.165) is 39.0 Å². The van der Waals surface area contributed by atoms with Gasteiger partial charge in [-0.1, -0.05) is 81.1 Å². The van der Waals surface area contributed by atoms with Crippen LogP contribution in [0.2, 0.25) is 0 Å². The number of aliphatic hydroxyl groups excluding tert-OH is 1. The van der Waals surface area contributed by atoms with Gasteiger partial charge in [-0.15, -0.1) is 0 Å². The molecular weight excluding hydrogens is 524 g/mol. The van der Waals surface area contributed by atoms with E-state index in [9.17, 15) is 9.90 Å². The topological polar surface area (TPSA) is 76.0 Å². The van der Waals surface area contributed by atoms with Crippen LogP contribution in [0.25, 0.3) is 5.57 Å². The number of carboxylic acids is 1. The molecule has 0 aliphatic rings. The van der Waals surface area contributed by atoms with Gasteiger partial charge in [-0.3, -0.25) is 0 Å². The van der Waals surface area contributed by atoms with E-state index in [0.29, 0.717) is 18.1 Å². The van der Waals surface area contributed by atoms with E-state index in [2.05, 4.69) is 75.1 Å². The summed E-state index contributed by atoms with van der Waals surface area (Å²) in [6.45, 7) is 8.44. The predicted molar refractivity (Wildman–Crippen MR) is 167 cm³/mol. The number of benzene rings is 4. The minimum atomic E-state index is -1.02. The van der Waals surface area contributed by atoms with Gasteiger partial charge in [0, 0.05) is 11.1 Å². The van der Waals surface area contributed by atoms with Gasteiger partial charge in [0.25, 0.3) is 0 Å². The molecule has 0 saturated heterocycles. The number of hydrogen-bond donors (Lipinski definition) is 2. The molecule has 4 aromatic carbocycles. The zero-order valence-corrected chi connectivity index (χ0v) is 24.5. The van der Waals surface area contributed by atoms with Gasteiger partial charge < -0.3 is 19.7 Å². The fourth-order valence-electron chi connectivity index (χ4n) is 4.36. The van der Waals surface area contributed by atoms with E-state index in [-0.39, 0.29) is 18.6 Å². The average molecular weight is 561 g/mol. The molecule has 0 saturated carbocycles. The molecule has 4 aromatic rings. The zero-order chi connectivity index (χ0) is 30.1. The first-order valence-corrected chi connectivity index (χ1v) is 13.8. The molecule has 0 spiro atoms. The first kappa shape index (κ1) is 30.2. The summed E-state index contributed by atoms with van der Waals surface area (Å²) in [4.78, 5) is 10.8. The molecule has 214 valence electrons. The molecule has 0 atom stereocenters. The summed E-state index contributed by atoms with van der Waals surface area (Å²) in [6, 6.07) is 29.7. The molecule has 0 aromatic heterocycles. The Morgan fingerprint density at radius 2 is 1.38 bits per heavy atom. The maximum Gasteiger partial charge on any atom is 0.341 e. The van der Waals surface area contributed by atoms with Crippen LogP contribution in [0.15, 0.2) is 97.1 Å². The second-order valence-corrected chi connectivity index (χ2v) is 11.0. The molecule has 0 aliphatic heterocycles. The Bertz CT molecular complexity index is 1590. The lowest BCUT2D eigenvalue weighted by atomic mass is 9.85. The fourth-order valence-corrected chi connectivity index (χ4v) is 4.36. The predicted octanol–water partition coefficient (Wildman–Crippen LogP) is 7.16. The molecule has 0 bridgehead atoms. The van der Waals surface area contributed by atoms with Crippen molar-refractivity contribution in [3.63, 3.8) is 0 Å². The molecule has 0 fully saturated rings. The number of aryl methyl sites for hydroxylation is 1. The summed E-state index contributed by atoms with van der Waals surface area (Å²) in [5, 5.41) is 18.1. The smallest absolute Gasteiger partial charge is 0.341 e. The molecular formula is C37H36O5. The minimum Gasteiger partial charge on any atom is -0.489 e. The van der Waals surface area contributed by atoms with Crippen molar-refractivity contribution in [2.24, 2.45) is 0 Å². The summed E-state index contributed by atoms with van der Waals surface area (Å²) in [5.41, 5.74) is 7.97. The lowest BCUT2D eigenvalue weighted by Crippen LogP contribution is -2.10. The third-order valence-corrected chi connectivity index (χ3v) is 6.78. The Hall–Kier alpha value is -4.79. The van der Waals surface area contributed by atoms with Gasteiger partial charge in [-0.25, -0.2) is 4.79 Å². The van der Waals surface area contributed by atoms with E-state index in [1.54, 1.807) is 12.1 Å². The highest BCUT2D eigenvalue weighted by Crippen LogP contribution is 2.29. The van der Waals surface area contributed by atoms with Crippen molar-refractivity contribution in [1.82, 2.24) is 0 Å². The SMILES string of the molecule is Cc1cc(OC/C=C(\c2ccc(C#Cc3ccc(CO)cc3)cc2)c2ccc(C(C)(C)C)cc2)ccc1OCC(=O)O. The third-order valence-electron chi connectivity index (χ3n) is 6.78. The highest BCUT2D eigenvalue weighted by molar-refractivity contribution is 5.80. The van der Waals surface area contributed by atoms with E-state index in [1.807, 2.05) is 49.4 Å². The highest BCUT2D eigenvalue weighted by atomic mass is 16.5. The maximum absolute atomic E-state index is 10.8. The van der Waals surface area contributed by atoms with Crippen molar-refractivity contribution in [2.75, 3.05) is 13.2 Å². The molecule has 42 heavy (non-hydrogen) atoms. The molecule has 0 unspecified atom stereocenters. The second kappa shape index (κ2) is 13.7. The Morgan fingerprint density at radius 3 is 1.90 bits per heavy atom. The number of rotatable bonds is 9. The molecule has 0 heterocycles. The monoisotopic (exact) mass is 560 g/mol. The number of aliphatic carboxylic acids is 1.